The van der Waals surface area contributed by atoms with Gasteiger partial charge in [-0.3, -0.25) is 19.6 Å². The molecular weight excluding hydrogens is 306 g/mol. The summed E-state index contributed by atoms with van der Waals surface area (Å²) in [5.74, 6) is -1.28. The number of anilines is 1. The van der Waals surface area contributed by atoms with Crippen molar-refractivity contribution in [2.75, 3.05) is 25.4 Å². The van der Waals surface area contributed by atoms with Crippen LogP contribution in [0.15, 0.2) is 18.2 Å². The molecular formula is C10H13N3O7S. The lowest BCUT2D eigenvalue weighted by molar-refractivity contribution is -0.384. The molecule has 0 aliphatic carbocycles. The van der Waals surface area contributed by atoms with E-state index in [1.165, 1.54) is 13.2 Å². The van der Waals surface area contributed by atoms with Crippen LogP contribution < -0.4 is 9.46 Å². The Hall–Kier alpha value is -2.40. The van der Waals surface area contributed by atoms with Crippen molar-refractivity contribution in [1.82, 2.24) is 4.31 Å². The largest absolute Gasteiger partial charge is 0.495 e. The average Bonchev–Trinajstić information content (AvgIpc) is 2.37. The molecule has 0 unspecified atom stereocenters. The Labute approximate surface area is 120 Å². The van der Waals surface area contributed by atoms with E-state index in [0.717, 1.165) is 19.2 Å². The summed E-state index contributed by atoms with van der Waals surface area (Å²) in [6.07, 6.45) is 0. The molecule has 1 rings (SSSR count). The summed E-state index contributed by atoms with van der Waals surface area (Å²) >= 11 is 0. The van der Waals surface area contributed by atoms with Gasteiger partial charge in [-0.05, 0) is 6.07 Å². The minimum Gasteiger partial charge on any atom is -0.495 e. The van der Waals surface area contributed by atoms with E-state index in [1.54, 1.807) is 0 Å². The van der Waals surface area contributed by atoms with E-state index < -0.39 is 27.6 Å². The molecule has 116 valence electrons. The summed E-state index contributed by atoms with van der Waals surface area (Å²) in [7, 11) is -1.86. The first-order valence-corrected chi connectivity index (χ1v) is 6.89. The zero-order chi connectivity index (χ0) is 16.2. The predicted octanol–water partition coefficient (Wildman–Crippen LogP) is 0.276. The topological polar surface area (TPSA) is 139 Å². The standard InChI is InChI=1S/C10H13N3O7S/c1-12(6-10(14)15)21(18,19)11-8-5-7(13(16)17)3-4-9(8)20-2/h3-5,11H,6H2,1-2H3,(H,14,15). The highest BCUT2D eigenvalue weighted by Crippen LogP contribution is 2.29. The average molecular weight is 319 g/mol. The third kappa shape index (κ3) is 4.29. The lowest BCUT2D eigenvalue weighted by atomic mass is 10.2. The number of nitrogens with zero attached hydrogens (tertiary/aromatic N) is 2. The molecule has 0 heterocycles. The van der Waals surface area contributed by atoms with Crippen molar-refractivity contribution < 1.29 is 28.0 Å². The van der Waals surface area contributed by atoms with Crippen LogP contribution in [0.25, 0.3) is 0 Å². The lowest BCUT2D eigenvalue weighted by Crippen LogP contribution is -2.36. The van der Waals surface area contributed by atoms with E-state index in [4.69, 9.17) is 9.84 Å². The van der Waals surface area contributed by atoms with Gasteiger partial charge in [0.05, 0.1) is 17.7 Å². The van der Waals surface area contributed by atoms with E-state index in [9.17, 15) is 23.3 Å². The highest BCUT2D eigenvalue weighted by molar-refractivity contribution is 7.90. The number of benzene rings is 1. The number of carboxylic acid groups (broad SMARTS) is 1. The van der Waals surface area contributed by atoms with Crippen molar-refractivity contribution in [3.8, 4) is 5.75 Å². The summed E-state index contributed by atoms with van der Waals surface area (Å²) in [5.41, 5.74) is -0.502. The quantitative estimate of drug-likeness (QED) is 0.543. The van der Waals surface area contributed by atoms with Gasteiger partial charge in [0, 0.05) is 19.2 Å². The molecule has 1 aromatic carbocycles. The van der Waals surface area contributed by atoms with E-state index in [2.05, 4.69) is 0 Å². The van der Waals surface area contributed by atoms with Crippen LogP contribution in [0.2, 0.25) is 0 Å². The summed E-state index contributed by atoms with van der Waals surface area (Å²) in [6, 6.07) is 3.36. The fourth-order valence-corrected chi connectivity index (χ4v) is 2.26. The van der Waals surface area contributed by atoms with Crippen molar-refractivity contribution in [1.29, 1.82) is 0 Å². The summed E-state index contributed by atoms with van der Waals surface area (Å²) < 4.78 is 31.3. The number of carboxylic acids is 1. The molecule has 0 amide bonds. The number of nitrogens with one attached hydrogen (secondary N) is 1. The summed E-state index contributed by atoms with van der Waals surface area (Å²) in [6.45, 7) is -0.757. The van der Waals surface area contributed by atoms with Gasteiger partial charge in [-0.1, -0.05) is 0 Å². The van der Waals surface area contributed by atoms with E-state index in [0.29, 0.717) is 4.31 Å². The summed E-state index contributed by atoms with van der Waals surface area (Å²) in [5, 5.41) is 19.3. The molecule has 0 saturated heterocycles. The SMILES string of the molecule is COc1ccc([N+](=O)[O-])cc1NS(=O)(=O)N(C)CC(=O)O. The molecule has 0 atom stereocenters. The highest BCUT2D eigenvalue weighted by atomic mass is 32.2. The monoisotopic (exact) mass is 319 g/mol. The molecule has 0 fully saturated rings. The van der Waals surface area contributed by atoms with E-state index in [1.807, 2.05) is 4.72 Å². The molecule has 0 aliphatic heterocycles. The number of hydrogen-bond acceptors (Lipinski definition) is 6. The third-order valence-electron chi connectivity index (χ3n) is 2.40. The van der Waals surface area contributed by atoms with Crippen LogP contribution >= 0.6 is 0 Å². The number of likely N-dealkylation sites (N-methyl/N-ethyl adjacent to an activating group) is 1. The number of ether oxygens (including phenoxy) is 1. The van der Waals surface area contributed by atoms with Crippen LogP contribution in [0, 0.1) is 10.1 Å². The molecule has 0 bridgehead atoms. The number of hydrogen-bond donors (Lipinski definition) is 2. The van der Waals surface area contributed by atoms with Gasteiger partial charge in [-0.2, -0.15) is 12.7 Å². The number of nitro groups is 1. The van der Waals surface area contributed by atoms with Gasteiger partial charge in [0.15, 0.2) is 0 Å². The second kappa shape index (κ2) is 6.37. The van der Waals surface area contributed by atoms with Crippen LogP contribution in [0.3, 0.4) is 0 Å². The van der Waals surface area contributed by atoms with Crippen molar-refractivity contribution in [3.05, 3.63) is 28.3 Å². The van der Waals surface area contributed by atoms with Crippen LogP contribution in [0.1, 0.15) is 0 Å². The Balaban J connectivity index is 3.13. The lowest BCUT2D eigenvalue weighted by Gasteiger charge is -2.17. The number of rotatable bonds is 7. The van der Waals surface area contributed by atoms with Gasteiger partial charge in [-0.15, -0.1) is 0 Å². The Morgan fingerprint density at radius 3 is 2.62 bits per heavy atom. The minimum atomic E-state index is -4.18. The maximum absolute atomic E-state index is 11.9. The number of nitro benzene ring substituents is 1. The van der Waals surface area contributed by atoms with Crippen LogP contribution in [0.4, 0.5) is 11.4 Å². The molecule has 21 heavy (non-hydrogen) atoms. The maximum Gasteiger partial charge on any atom is 0.318 e. The predicted molar refractivity (Wildman–Crippen MR) is 72.5 cm³/mol. The van der Waals surface area contributed by atoms with Crippen LogP contribution in [0.5, 0.6) is 5.75 Å². The second-order valence-corrected chi connectivity index (χ2v) is 5.68. The molecule has 0 aromatic heterocycles. The summed E-state index contributed by atoms with van der Waals surface area (Å²) in [4.78, 5) is 20.5. The molecule has 0 spiro atoms. The fraction of sp³-hybridized carbons (Fsp3) is 0.300. The zero-order valence-electron chi connectivity index (χ0n) is 11.1. The molecule has 0 aliphatic rings. The number of methoxy groups -OCH3 is 1. The molecule has 0 saturated carbocycles. The van der Waals surface area contributed by atoms with Gasteiger partial charge < -0.3 is 9.84 Å². The number of non-ortho nitro benzene ring substituents is 1. The normalized spacial score (nSPS) is 11.2. The fourth-order valence-electron chi connectivity index (χ4n) is 1.38. The van der Waals surface area contributed by atoms with Crippen molar-refractivity contribution >= 4 is 27.6 Å². The van der Waals surface area contributed by atoms with Gasteiger partial charge in [0.25, 0.3) is 5.69 Å². The highest BCUT2D eigenvalue weighted by Gasteiger charge is 2.23. The van der Waals surface area contributed by atoms with E-state index in [-0.39, 0.29) is 17.1 Å². The molecule has 0 radical (unpaired) electrons. The number of carbonyl (C=O) groups is 1. The smallest absolute Gasteiger partial charge is 0.318 e. The Kier molecular flexibility index (Phi) is 5.05. The molecule has 1 aromatic rings. The maximum atomic E-state index is 11.9. The second-order valence-electron chi connectivity index (χ2n) is 3.90. The van der Waals surface area contributed by atoms with Crippen LogP contribution in [-0.2, 0) is 15.0 Å². The van der Waals surface area contributed by atoms with Gasteiger partial charge in [0.1, 0.15) is 12.3 Å². The first-order valence-electron chi connectivity index (χ1n) is 5.45. The van der Waals surface area contributed by atoms with Gasteiger partial charge in [0.2, 0.25) is 0 Å². The first kappa shape index (κ1) is 16.7. The van der Waals surface area contributed by atoms with E-state index >= 15 is 0 Å². The Morgan fingerprint density at radius 2 is 2.14 bits per heavy atom. The van der Waals surface area contributed by atoms with Crippen molar-refractivity contribution in [2.45, 2.75) is 0 Å². The first-order chi connectivity index (χ1) is 9.67. The Bertz CT molecular complexity index is 659. The zero-order valence-corrected chi connectivity index (χ0v) is 12.0. The molecule has 10 nitrogen and oxygen atoms in total. The Morgan fingerprint density at radius 1 is 1.52 bits per heavy atom. The van der Waals surface area contributed by atoms with Crippen molar-refractivity contribution in [2.24, 2.45) is 0 Å². The van der Waals surface area contributed by atoms with Gasteiger partial charge in [-0.25, -0.2) is 0 Å². The molecule has 2 N–H and O–H groups in total. The minimum absolute atomic E-state index is 0.0629. The van der Waals surface area contributed by atoms with Gasteiger partial charge >= 0.3 is 16.2 Å². The van der Waals surface area contributed by atoms with Crippen LogP contribution in [-0.4, -0.2) is 49.4 Å². The van der Waals surface area contributed by atoms with Crippen molar-refractivity contribution in [3.63, 3.8) is 0 Å². The number of aliphatic carboxylic acids is 1. The third-order valence-corrected chi connectivity index (χ3v) is 3.83. The molecule has 11 heteroatoms.